The Morgan fingerprint density at radius 3 is 2.41 bits per heavy atom. The number of rotatable bonds is 9. The molecule has 27 heavy (non-hydrogen) atoms. The lowest BCUT2D eigenvalue weighted by molar-refractivity contribution is -0.385. The molecule has 7 nitrogen and oxygen atoms in total. The van der Waals surface area contributed by atoms with E-state index in [2.05, 4.69) is 19.2 Å². The lowest BCUT2D eigenvalue weighted by Gasteiger charge is -2.15. The molecule has 0 aliphatic carbocycles. The van der Waals surface area contributed by atoms with Crippen LogP contribution in [0.3, 0.4) is 0 Å². The molecule has 144 valence electrons. The van der Waals surface area contributed by atoms with E-state index in [1.165, 1.54) is 17.7 Å². The molecule has 0 aliphatic heterocycles. The Balaban J connectivity index is 1.77. The van der Waals surface area contributed by atoms with Crippen molar-refractivity contribution in [3.8, 4) is 5.75 Å². The van der Waals surface area contributed by atoms with Crippen LogP contribution in [0.15, 0.2) is 48.5 Å². The topological polar surface area (TPSA) is 107 Å². The van der Waals surface area contributed by atoms with E-state index in [9.17, 15) is 14.9 Å². The summed E-state index contributed by atoms with van der Waals surface area (Å²) in [6, 6.07) is 13.8. The quantitative estimate of drug-likeness (QED) is 0.519. The highest BCUT2D eigenvalue weighted by Crippen LogP contribution is 2.25. The van der Waals surface area contributed by atoms with Crippen molar-refractivity contribution in [1.29, 1.82) is 0 Å². The van der Waals surface area contributed by atoms with Crippen LogP contribution in [0, 0.1) is 10.1 Å². The number of carbonyl (C=O) groups excluding carboxylic acids is 1. The molecule has 0 aromatic heterocycles. The van der Waals surface area contributed by atoms with Crippen LogP contribution in [0.4, 0.5) is 5.69 Å². The van der Waals surface area contributed by atoms with E-state index in [0.29, 0.717) is 12.5 Å². The predicted molar refractivity (Wildman–Crippen MR) is 104 cm³/mol. The molecule has 1 unspecified atom stereocenters. The van der Waals surface area contributed by atoms with Gasteiger partial charge >= 0.3 is 5.69 Å². The molecule has 0 spiro atoms. The molecular formula is C20H25N3O4. The smallest absolute Gasteiger partial charge is 0.310 e. The molecule has 0 saturated heterocycles. The number of carbonyl (C=O) groups is 1. The van der Waals surface area contributed by atoms with Gasteiger partial charge in [0.25, 0.3) is 0 Å². The maximum Gasteiger partial charge on any atom is 0.310 e. The van der Waals surface area contributed by atoms with Crippen LogP contribution in [0.5, 0.6) is 5.75 Å². The minimum atomic E-state index is -0.515. The summed E-state index contributed by atoms with van der Waals surface area (Å²) in [4.78, 5) is 22.4. The fourth-order valence-electron chi connectivity index (χ4n) is 2.54. The third-order valence-corrected chi connectivity index (χ3v) is 4.20. The number of ether oxygens (including phenoxy) is 1. The van der Waals surface area contributed by atoms with Gasteiger partial charge in [-0.05, 0) is 23.1 Å². The van der Waals surface area contributed by atoms with E-state index < -0.39 is 4.92 Å². The van der Waals surface area contributed by atoms with Crippen LogP contribution in [0.1, 0.15) is 43.4 Å². The summed E-state index contributed by atoms with van der Waals surface area (Å²) in [5.41, 5.74) is 8.19. The molecule has 0 heterocycles. The second-order valence-corrected chi connectivity index (χ2v) is 6.56. The average Bonchev–Trinajstić information content (AvgIpc) is 2.66. The molecule has 2 rings (SSSR count). The summed E-state index contributed by atoms with van der Waals surface area (Å²) in [5, 5.41) is 13.7. The Hall–Kier alpha value is -2.93. The van der Waals surface area contributed by atoms with Gasteiger partial charge in [0.1, 0.15) is 0 Å². The number of nitrogens with zero attached hydrogens (tertiary/aromatic N) is 1. The van der Waals surface area contributed by atoms with Gasteiger partial charge in [0.2, 0.25) is 5.91 Å². The molecule has 0 saturated carbocycles. The Morgan fingerprint density at radius 1 is 1.15 bits per heavy atom. The zero-order valence-electron chi connectivity index (χ0n) is 15.6. The van der Waals surface area contributed by atoms with Crippen molar-refractivity contribution < 1.29 is 14.5 Å². The number of nitrogens with one attached hydrogen (secondary N) is 1. The van der Waals surface area contributed by atoms with Crippen LogP contribution in [0.25, 0.3) is 0 Å². The van der Waals surface area contributed by atoms with Gasteiger partial charge in [-0.15, -0.1) is 0 Å². The number of hydrogen-bond acceptors (Lipinski definition) is 5. The first-order valence-electron chi connectivity index (χ1n) is 8.87. The zero-order chi connectivity index (χ0) is 19.8. The second-order valence-electron chi connectivity index (χ2n) is 6.56. The fraction of sp³-hybridized carbons (Fsp3) is 0.350. The molecule has 0 bridgehead atoms. The second kappa shape index (κ2) is 9.68. The average molecular weight is 371 g/mol. The highest BCUT2D eigenvalue weighted by Gasteiger charge is 2.14. The van der Waals surface area contributed by atoms with E-state index in [0.717, 1.165) is 5.56 Å². The van der Waals surface area contributed by atoms with E-state index >= 15 is 0 Å². The summed E-state index contributed by atoms with van der Waals surface area (Å²) < 4.78 is 5.36. The van der Waals surface area contributed by atoms with Crippen LogP contribution in [-0.4, -0.2) is 24.0 Å². The first-order chi connectivity index (χ1) is 12.9. The lowest BCUT2D eigenvalue weighted by atomic mass is 9.99. The standard InChI is InChI=1S/C20H25N3O4/c1-14(2)15-7-9-16(10-8-15)17(21)13-22-20(24)11-12-27-19-6-4-3-5-18(19)23(25)26/h3-10,14,17H,11-13,21H2,1-2H3,(H,22,24). The van der Waals surface area contributed by atoms with E-state index in [1.54, 1.807) is 12.1 Å². The van der Waals surface area contributed by atoms with Gasteiger partial charge in [0.05, 0.1) is 18.0 Å². The Bertz CT molecular complexity index is 775. The van der Waals surface area contributed by atoms with Gasteiger partial charge in [-0.2, -0.15) is 0 Å². The van der Waals surface area contributed by atoms with Crippen molar-refractivity contribution in [2.45, 2.75) is 32.2 Å². The Kier molecular flexibility index (Phi) is 7.31. The number of benzene rings is 2. The van der Waals surface area contributed by atoms with Crippen LogP contribution >= 0.6 is 0 Å². The van der Waals surface area contributed by atoms with E-state index in [4.69, 9.17) is 10.5 Å². The van der Waals surface area contributed by atoms with E-state index in [1.807, 2.05) is 24.3 Å². The first-order valence-corrected chi connectivity index (χ1v) is 8.87. The third-order valence-electron chi connectivity index (χ3n) is 4.20. The number of nitro benzene ring substituents is 1. The molecule has 0 radical (unpaired) electrons. The first kappa shape index (κ1) is 20.4. The number of nitro groups is 1. The van der Waals surface area contributed by atoms with Crippen LogP contribution < -0.4 is 15.8 Å². The molecule has 1 atom stereocenters. The molecular weight excluding hydrogens is 346 g/mol. The summed E-state index contributed by atoms with van der Waals surface area (Å²) in [7, 11) is 0. The van der Waals surface area contributed by atoms with E-state index in [-0.39, 0.29) is 36.4 Å². The molecule has 3 N–H and O–H groups in total. The minimum Gasteiger partial charge on any atom is -0.486 e. The predicted octanol–water partition coefficient (Wildman–Crippen LogP) is 3.30. The van der Waals surface area contributed by atoms with Gasteiger partial charge in [0, 0.05) is 18.7 Å². The summed E-state index contributed by atoms with van der Waals surface area (Å²) in [5.74, 6) is 0.385. The summed E-state index contributed by atoms with van der Waals surface area (Å²) >= 11 is 0. The van der Waals surface area contributed by atoms with Gasteiger partial charge in [-0.3, -0.25) is 14.9 Å². The highest BCUT2D eigenvalue weighted by atomic mass is 16.6. The van der Waals surface area contributed by atoms with Crippen molar-refractivity contribution in [3.63, 3.8) is 0 Å². The fourth-order valence-corrected chi connectivity index (χ4v) is 2.54. The maximum absolute atomic E-state index is 12.0. The molecule has 0 aliphatic rings. The zero-order valence-corrected chi connectivity index (χ0v) is 15.6. The molecule has 7 heteroatoms. The highest BCUT2D eigenvalue weighted by molar-refractivity contribution is 5.76. The number of para-hydroxylation sites is 2. The van der Waals surface area contributed by atoms with Crippen molar-refractivity contribution in [2.75, 3.05) is 13.2 Å². The van der Waals surface area contributed by atoms with Crippen molar-refractivity contribution in [1.82, 2.24) is 5.32 Å². The van der Waals surface area contributed by atoms with Gasteiger partial charge < -0.3 is 15.8 Å². The molecule has 2 aromatic carbocycles. The largest absolute Gasteiger partial charge is 0.486 e. The normalized spacial score (nSPS) is 11.9. The SMILES string of the molecule is CC(C)c1ccc(C(N)CNC(=O)CCOc2ccccc2[N+](=O)[O-])cc1. The van der Waals surface area contributed by atoms with Crippen LogP contribution in [0.2, 0.25) is 0 Å². The van der Waals surface area contributed by atoms with Crippen LogP contribution in [-0.2, 0) is 4.79 Å². The number of amides is 1. The minimum absolute atomic E-state index is 0.0506. The van der Waals surface area contributed by atoms with Crippen molar-refractivity contribution >= 4 is 11.6 Å². The van der Waals surface area contributed by atoms with Crippen molar-refractivity contribution in [3.05, 3.63) is 69.8 Å². The van der Waals surface area contributed by atoms with Gasteiger partial charge in [-0.25, -0.2) is 0 Å². The van der Waals surface area contributed by atoms with Gasteiger partial charge in [0.15, 0.2) is 5.75 Å². The Morgan fingerprint density at radius 2 is 1.78 bits per heavy atom. The maximum atomic E-state index is 12.0. The lowest BCUT2D eigenvalue weighted by Crippen LogP contribution is -2.32. The third kappa shape index (κ3) is 6.07. The molecule has 0 fully saturated rings. The molecule has 1 amide bonds. The monoisotopic (exact) mass is 371 g/mol. The van der Waals surface area contributed by atoms with Crippen molar-refractivity contribution in [2.24, 2.45) is 5.73 Å². The van der Waals surface area contributed by atoms with Gasteiger partial charge in [-0.1, -0.05) is 50.2 Å². The number of hydrogen-bond donors (Lipinski definition) is 2. The molecule has 2 aromatic rings. The summed E-state index contributed by atoms with van der Waals surface area (Å²) in [6.45, 7) is 4.61. The summed E-state index contributed by atoms with van der Waals surface area (Å²) in [6.07, 6.45) is 0.0883. The Labute approximate surface area is 158 Å². The number of nitrogens with two attached hydrogens (primary N) is 1.